The van der Waals surface area contributed by atoms with Gasteiger partial charge in [0.1, 0.15) is 11.7 Å². The van der Waals surface area contributed by atoms with Crippen LogP contribution in [0.1, 0.15) is 35.6 Å². The summed E-state index contributed by atoms with van der Waals surface area (Å²) in [6.07, 6.45) is 4.23. The molecular formula is C15H18N2O3S. The molecule has 0 radical (unpaired) electrons. The lowest BCUT2D eigenvalue weighted by atomic mass is 10.1. The van der Waals surface area contributed by atoms with Gasteiger partial charge in [0, 0.05) is 17.8 Å². The number of hydrogen-bond donors (Lipinski definition) is 1. The van der Waals surface area contributed by atoms with Crippen LogP contribution in [0.3, 0.4) is 0 Å². The van der Waals surface area contributed by atoms with E-state index in [4.69, 9.17) is 9.15 Å². The average molecular weight is 306 g/mol. The molecule has 1 aliphatic carbocycles. The highest BCUT2D eigenvalue weighted by molar-refractivity contribution is 7.15. The molecule has 0 spiro atoms. The minimum absolute atomic E-state index is 0.149. The highest BCUT2D eigenvalue weighted by atomic mass is 32.1. The maximum atomic E-state index is 11.9. The molecule has 0 amide bonds. The fraction of sp³-hybridized carbons (Fsp3) is 0.467. The molecule has 0 saturated heterocycles. The van der Waals surface area contributed by atoms with Gasteiger partial charge in [0.25, 0.3) is 0 Å². The predicted octanol–water partition coefficient (Wildman–Crippen LogP) is 2.98. The molecule has 6 heteroatoms. The number of ether oxygens (including phenoxy) is 1. The van der Waals surface area contributed by atoms with Crippen molar-refractivity contribution < 1.29 is 13.9 Å². The van der Waals surface area contributed by atoms with Crippen LogP contribution in [0.15, 0.2) is 22.8 Å². The lowest BCUT2D eigenvalue weighted by Gasteiger charge is -2.08. The van der Waals surface area contributed by atoms with Crippen molar-refractivity contribution in [3.8, 4) is 0 Å². The minimum Gasteiger partial charge on any atom is -0.469 e. The Morgan fingerprint density at radius 3 is 3.29 bits per heavy atom. The zero-order valence-corrected chi connectivity index (χ0v) is 12.7. The number of aromatic nitrogens is 1. The van der Waals surface area contributed by atoms with Crippen molar-refractivity contribution in [2.24, 2.45) is 0 Å². The number of thiazole rings is 1. The van der Waals surface area contributed by atoms with Gasteiger partial charge in [-0.2, -0.15) is 0 Å². The van der Waals surface area contributed by atoms with Crippen LogP contribution in [-0.2, 0) is 22.4 Å². The third kappa shape index (κ3) is 3.10. The first-order valence-electron chi connectivity index (χ1n) is 7.20. The van der Waals surface area contributed by atoms with Crippen LogP contribution in [0.5, 0.6) is 0 Å². The predicted molar refractivity (Wildman–Crippen MR) is 80.7 cm³/mol. The Hall–Kier alpha value is -1.82. The molecule has 2 heterocycles. The third-order valence-corrected chi connectivity index (χ3v) is 4.61. The SMILES string of the molecule is CCOC(=O)C1CCc2sc(NCCc3ccco3)nc21. The number of rotatable bonds is 6. The maximum Gasteiger partial charge on any atom is 0.315 e. The monoisotopic (exact) mass is 306 g/mol. The van der Waals surface area contributed by atoms with E-state index in [-0.39, 0.29) is 11.9 Å². The van der Waals surface area contributed by atoms with Gasteiger partial charge >= 0.3 is 5.97 Å². The average Bonchev–Trinajstić information content (AvgIpc) is 3.14. The number of aryl methyl sites for hydroxylation is 1. The number of nitrogens with one attached hydrogen (secondary N) is 1. The Morgan fingerprint density at radius 1 is 1.62 bits per heavy atom. The minimum atomic E-state index is -0.183. The van der Waals surface area contributed by atoms with Crippen molar-refractivity contribution in [1.29, 1.82) is 0 Å². The van der Waals surface area contributed by atoms with Crippen LogP contribution in [0, 0.1) is 0 Å². The van der Waals surface area contributed by atoms with E-state index >= 15 is 0 Å². The van der Waals surface area contributed by atoms with E-state index in [1.54, 1.807) is 17.6 Å². The molecule has 2 aromatic heterocycles. The zero-order chi connectivity index (χ0) is 14.7. The van der Waals surface area contributed by atoms with E-state index < -0.39 is 0 Å². The highest BCUT2D eigenvalue weighted by Crippen LogP contribution is 2.38. The van der Waals surface area contributed by atoms with Gasteiger partial charge in [0.05, 0.1) is 18.6 Å². The van der Waals surface area contributed by atoms with Crippen molar-refractivity contribution in [1.82, 2.24) is 4.98 Å². The molecule has 1 aliphatic rings. The zero-order valence-electron chi connectivity index (χ0n) is 11.9. The van der Waals surface area contributed by atoms with Gasteiger partial charge in [-0.3, -0.25) is 4.79 Å². The molecule has 3 rings (SSSR count). The van der Waals surface area contributed by atoms with E-state index in [9.17, 15) is 4.79 Å². The van der Waals surface area contributed by atoms with Crippen LogP contribution in [-0.4, -0.2) is 24.1 Å². The molecule has 0 aromatic carbocycles. The van der Waals surface area contributed by atoms with Gasteiger partial charge in [0.15, 0.2) is 5.13 Å². The first-order valence-corrected chi connectivity index (χ1v) is 8.02. The summed E-state index contributed by atoms with van der Waals surface area (Å²) >= 11 is 1.64. The highest BCUT2D eigenvalue weighted by Gasteiger charge is 2.33. The lowest BCUT2D eigenvalue weighted by Crippen LogP contribution is -2.14. The Kier molecular flexibility index (Phi) is 4.24. The van der Waals surface area contributed by atoms with Crippen LogP contribution in [0.25, 0.3) is 0 Å². The van der Waals surface area contributed by atoms with E-state index in [2.05, 4.69) is 10.3 Å². The van der Waals surface area contributed by atoms with Crippen molar-refractivity contribution in [3.63, 3.8) is 0 Å². The van der Waals surface area contributed by atoms with Gasteiger partial charge in [-0.1, -0.05) is 0 Å². The van der Waals surface area contributed by atoms with E-state index in [0.717, 1.165) is 42.4 Å². The summed E-state index contributed by atoms with van der Waals surface area (Å²) in [5, 5.41) is 4.17. The van der Waals surface area contributed by atoms with Crippen LogP contribution < -0.4 is 5.32 Å². The molecule has 1 unspecified atom stereocenters. The summed E-state index contributed by atoms with van der Waals surface area (Å²) in [6.45, 7) is 3.02. The number of fused-ring (bicyclic) bond motifs is 1. The number of carbonyl (C=O) groups excluding carboxylic acids is 1. The number of hydrogen-bond acceptors (Lipinski definition) is 6. The molecule has 0 fully saturated rings. The number of furan rings is 1. The molecule has 0 aliphatic heterocycles. The van der Waals surface area contributed by atoms with E-state index in [1.807, 2.05) is 19.1 Å². The Bertz CT molecular complexity index is 606. The quantitative estimate of drug-likeness (QED) is 0.831. The normalized spacial score (nSPS) is 16.7. The van der Waals surface area contributed by atoms with Crippen molar-refractivity contribution >= 4 is 22.4 Å². The summed E-state index contributed by atoms with van der Waals surface area (Å²) in [5.41, 5.74) is 0.902. The van der Waals surface area contributed by atoms with Crippen molar-refractivity contribution in [3.05, 3.63) is 34.7 Å². The number of anilines is 1. The Labute approximate surface area is 127 Å². The molecule has 21 heavy (non-hydrogen) atoms. The van der Waals surface area contributed by atoms with Gasteiger partial charge in [-0.25, -0.2) is 4.98 Å². The largest absolute Gasteiger partial charge is 0.469 e. The summed E-state index contributed by atoms with van der Waals surface area (Å²) in [4.78, 5) is 17.7. The van der Waals surface area contributed by atoms with Crippen LogP contribution in [0.4, 0.5) is 5.13 Å². The van der Waals surface area contributed by atoms with Gasteiger partial charge in [0.2, 0.25) is 0 Å². The standard InChI is InChI=1S/C15H18N2O3S/c1-2-19-14(18)11-5-6-12-13(11)17-15(21-12)16-8-7-10-4-3-9-20-10/h3-4,9,11H,2,5-8H2,1H3,(H,16,17). The lowest BCUT2D eigenvalue weighted by molar-refractivity contribution is -0.145. The molecule has 1 atom stereocenters. The van der Waals surface area contributed by atoms with Crippen LogP contribution in [0.2, 0.25) is 0 Å². The fourth-order valence-electron chi connectivity index (χ4n) is 2.52. The molecule has 0 saturated carbocycles. The Balaban J connectivity index is 1.59. The number of esters is 1. The maximum absolute atomic E-state index is 11.9. The smallest absolute Gasteiger partial charge is 0.315 e. The van der Waals surface area contributed by atoms with Crippen LogP contribution >= 0.6 is 11.3 Å². The summed E-state index contributed by atoms with van der Waals surface area (Å²) in [6, 6.07) is 3.84. The third-order valence-electron chi connectivity index (χ3n) is 3.52. The second-order valence-electron chi connectivity index (χ2n) is 4.93. The summed E-state index contributed by atoms with van der Waals surface area (Å²) < 4.78 is 10.4. The molecule has 5 nitrogen and oxygen atoms in total. The molecule has 0 bridgehead atoms. The van der Waals surface area contributed by atoms with E-state index in [0.29, 0.717) is 6.61 Å². The second kappa shape index (κ2) is 6.30. The number of nitrogens with zero attached hydrogens (tertiary/aromatic N) is 1. The summed E-state index contributed by atoms with van der Waals surface area (Å²) in [7, 11) is 0. The van der Waals surface area contributed by atoms with E-state index in [1.165, 1.54) is 4.88 Å². The summed E-state index contributed by atoms with van der Waals surface area (Å²) in [5.74, 6) is 0.622. The first kappa shape index (κ1) is 14.1. The molecule has 1 N–H and O–H groups in total. The topological polar surface area (TPSA) is 64.4 Å². The number of carbonyl (C=O) groups is 1. The van der Waals surface area contributed by atoms with Crippen molar-refractivity contribution in [2.75, 3.05) is 18.5 Å². The van der Waals surface area contributed by atoms with Gasteiger partial charge < -0.3 is 14.5 Å². The second-order valence-corrected chi connectivity index (χ2v) is 6.01. The molecule has 112 valence electrons. The molecule has 2 aromatic rings. The van der Waals surface area contributed by atoms with Gasteiger partial charge in [-0.05, 0) is 31.9 Å². The molecular weight excluding hydrogens is 288 g/mol. The van der Waals surface area contributed by atoms with Crippen molar-refractivity contribution in [2.45, 2.75) is 32.1 Å². The fourth-order valence-corrected chi connectivity index (χ4v) is 3.59. The Morgan fingerprint density at radius 2 is 2.52 bits per heavy atom. The first-order chi connectivity index (χ1) is 10.3. The van der Waals surface area contributed by atoms with Gasteiger partial charge in [-0.15, -0.1) is 11.3 Å².